The summed E-state index contributed by atoms with van der Waals surface area (Å²) in [5, 5.41) is 3.06. The number of nitrogens with two attached hydrogens (primary N) is 1. The van der Waals surface area contributed by atoms with Gasteiger partial charge < -0.3 is 10.7 Å². The van der Waals surface area contributed by atoms with Gasteiger partial charge in [-0.15, -0.1) is 0 Å². The molecule has 0 saturated carbocycles. The van der Waals surface area contributed by atoms with Gasteiger partial charge in [0.2, 0.25) is 0 Å². The third kappa shape index (κ3) is 3.27. The van der Waals surface area contributed by atoms with Gasteiger partial charge in [0.05, 0.1) is 16.3 Å². The normalized spacial score (nSPS) is 10.2. The molecular formula is C13H12BrClN4O. The Morgan fingerprint density at radius 1 is 1.40 bits per heavy atom. The van der Waals surface area contributed by atoms with Crippen molar-refractivity contribution in [2.24, 2.45) is 5.84 Å². The number of nitrogens with zero attached hydrogens (tertiary/aromatic N) is 1. The van der Waals surface area contributed by atoms with E-state index in [9.17, 15) is 4.79 Å². The van der Waals surface area contributed by atoms with E-state index in [4.69, 9.17) is 17.4 Å². The maximum atomic E-state index is 12.1. The molecule has 2 aromatic rings. The molecule has 0 fully saturated rings. The molecule has 20 heavy (non-hydrogen) atoms. The van der Waals surface area contributed by atoms with E-state index in [2.05, 4.69) is 31.7 Å². The maximum absolute atomic E-state index is 12.1. The van der Waals surface area contributed by atoms with Crippen LogP contribution in [0.25, 0.3) is 0 Å². The van der Waals surface area contributed by atoms with Crippen molar-refractivity contribution in [1.82, 2.24) is 4.98 Å². The predicted molar refractivity (Wildman–Crippen MR) is 83.9 cm³/mol. The molecule has 1 amide bonds. The van der Waals surface area contributed by atoms with Crippen molar-refractivity contribution < 1.29 is 4.79 Å². The highest BCUT2D eigenvalue weighted by Gasteiger charge is 2.11. The van der Waals surface area contributed by atoms with E-state index in [1.807, 2.05) is 25.1 Å². The van der Waals surface area contributed by atoms with E-state index in [-0.39, 0.29) is 10.9 Å². The van der Waals surface area contributed by atoms with E-state index in [1.54, 1.807) is 0 Å². The second kappa shape index (κ2) is 6.21. The van der Waals surface area contributed by atoms with Gasteiger partial charge in [0.25, 0.3) is 5.91 Å². The summed E-state index contributed by atoms with van der Waals surface area (Å²) in [7, 11) is 0. The molecule has 0 saturated heterocycles. The van der Waals surface area contributed by atoms with Crippen LogP contribution in [0.5, 0.6) is 0 Å². The van der Waals surface area contributed by atoms with Crippen LogP contribution in [0.1, 0.15) is 15.9 Å². The summed E-state index contributed by atoms with van der Waals surface area (Å²) >= 11 is 9.34. The number of halogens is 2. The molecule has 0 aliphatic rings. The first-order chi connectivity index (χ1) is 9.51. The summed E-state index contributed by atoms with van der Waals surface area (Å²) < 4.78 is 0.810. The first-order valence-electron chi connectivity index (χ1n) is 5.71. The Hall–Kier alpha value is -1.63. The zero-order valence-corrected chi connectivity index (χ0v) is 12.9. The van der Waals surface area contributed by atoms with Gasteiger partial charge in [0.1, 0.15) is 0 Å². The average molecular weight is 356 g/mol. The Balaban J connectivity index is 2.21. The quantitative estimate of drug-likeness (QED) is 0.583. The number of hydrogen-bond donors (Lipinski definition) is 3. The number of nitrogen functional groups attached to an aromatic ring is 1. The number of aryl methyl sites for hydroxylation is 1. The molecule has 7 heteroatoms. The number of nitrogens with one attached hydrogen (secondary N) is 2. The number of carbonyl (C=O) groups excluding carboxylic acids is 1. The molecule has 0 atom stereocenters. The number of anilines is 2. The Morgan fingerprint density at radius 2 is 2.15 bits per heavy atom. The van der Waals surface area contributed by atoms with Crippen LogP contribution in [-0.4, -0.2) is 10.9 Å². The number of amides is 1. The third-order valence-electron chi connectivity index (χ3n) is 2.61. The number of rotatable bonds is 3. The summed E-state index contributed by atoms with van der Waals surface area (Å²) in [6.45, 7) is 1.97. The fourth-order valence-electron chi connectivity index (χ4n) is 1.58. The molecule has 0 bridgehead atoms. The summed E-state index contributed by atoms with van der Waals surface area (Å²) in [6.07, 6.45) is 1.40. The lowest BCUT2D eigenvalue weighted by Gasteiger charge is -2.09. The van der Waals surface area contributed by atoms with Crippen molar-refractivity contribution in [2.45, 2.75) is 6.92 Å². The van der Waals surface area contributed by atoms with E-state index in [0.717, 1.165) is 10.0 Å². The molecule has 0 unspecified atom stereocenters. The highest BCUT2D eigenvalue weighted by Crippen LogP contribution is 2.25. The van der Waals surface area contributed by atoms with Gasteiger partial charge in [-0.05, 0) is 46.6 Å². The molecule has 2 rings (SSSR count). The summed E-state index contributed by atoms with van der Waals surface area (Å²) in [6, 6.07) is 7.15. The van der Waals surface area contributed by atoms with Crippen LogP contribution in [0.4, 0.5) is 11.5 Å². The second-order valence-electron chi connectivity index (χ2n) is 4.14. The molecule has 5 nitrogen and oxygen atoms in total. The Labute approximate surface area is 129 Å². The Bertz CT molecular complexity index is 663. The highest BCUT2D eigenvalue weighted by molar-refractivity contribution is 9.10. The fraction of sp³-hybridized carbons (Fsp3) is 0.0769. The molecule has 0 aliphatic heterocycles. The van der Waals surface area contributed by atoms with Crippen LogP contribution in [0.3, 0.4) is 0 Å². The minimum absolute atomic E-state index is 0.281. The topological polar surface area (TPSA) is 80.0 Å². The number of aromatic nitrogens is 1. The Kier molecular flexibility index (Phi) is 4.59. The first kappa shape index (κ1) is 14.8. The largest absolute Gasteiger partial charge is 0.321 e. The van der Waals surface area contributed by atoms with Crippen molar-refractivity contribution in [1.29, 1.82) is 0 Å². The van der Waals surface area contributed by atoms with Crippen LogP contribution in [-0.2, 0) is 0 Å². The van der Waals surface area contributed by atoms with Gasteiger partial charge >= 0.3 is 0 Å². The lowest BCUT2D eigenvalue weighted by atomic mass is 10.2. The minimum Gasteiger partial charge on any atom is -0.321 e. The fourth-order valence-corrected chi connectivity index (χ4v) is 2.40. The van der Waals surface area contributed by atoms with E-state index in [0.29, 0.717) is 17.1 Å². The summed E-state index contributed by atoms with van der Waals surface area (Å²) in [5.74, 6) is 5.25. The van der Waals surface area contributed by atoms with Gasteiger partial charge in [-0.25, -0.2) is 10.8 Å². The summed E-state index contributed by atoms with van der Waals surface area (Å²) in [4.78, 5) is 16.1. The van der Waals surface area contributed by atoms with Crippen LogP contribution >= 0.6 is 27.5 Å². The summed E-state index contributed by atoms with van der Waals surface area (Å²) in [5.41, 5.74) is 4.47. The number of hydrazine groups is 1. The van der Waals surface area contributed by atoms with Crippen molar-refractivity contribution in [2.75, 3.05) is 10.7 Å². The lowest BCUT2D eigenvalue weighted by molar-refractivity contribution is 0.102. The van der Waals surface area contributed by atoms with E-state index < -0.39 is 0 Å². The smallest absolute Gasteiger partial charge is 0.257 e. The van der Waals surface area contributed by atoms with Crippen molar-refractivity contribution in [3.8, 4) is 0 Å². The third-order valence-corrected chi connectivity index (χ3v) is 3.56. The molecule has 1 aromatic carbocycles. The Morgan fingerprint density at radius 3 is 2.75 bits per heavy atom. The van der Waals surface area contributed by atoms with Crippen molar-refractivity contribution in [3.63, 3.8) is 0 Å². The van der Waals surface area contributed by atoms with Gasteiger partial charge in [-0.2, -0.15) is 0 Å². The second-order valence-corrected chi connectivity index (χ2v) is 5.40. The van der Waals surface area contributed by atoms with Gasteiger partial charge in [-0.3, -0.25) is 4.79 Å². The monoisotopic (exact) mass is 354 g/mol. The van der Waals surface area contributed by atoms with Crippen molar-refractivity contribution in [3.05, 3.63) is 51.1 Å². The predicted octanol–water partition coefficient (Wildman–Crippen LogP) is 3.34. The minimum atomic E-state index is -0.299. The van der Waals surface area contributed by atoms with Crippen LogP contribution in [0, 0.1) is 6.92 Å². The SMILES string of the molecule is Cc1ccc(NC(=O)c2cnc(NN)c(Cl)c2)c(Br)c1. The highest BCUT2D eigenvalue weighted by atomic mass is 79.9. The number of carbonyl (C=O) groups is 1. The van der Waals surface area contributed by atoms with Crippen molar-refractivity contribution >= 4 is 44.9 Å². The molecule has 0 spiro atoms. The number of benzene rings is 1. The van der Waals surface area contributed by atoms with E-state index >= 15 is 0 Å². The first-order valence-corrected chi connectivity index (χ1v) is 6.88. The zero-order valence-electron chi connectivity index (χ0n) is 10.6. The zero-order chi connectivity index (χ0) is 14.7. The van der Waals surface area contributed by atoms with Gasteiger partial charge in [0, 0.05) is 10.7 Å². The number of pyridine rings is 1. The molecule has 0 radical (unpaired) electrons. The molecule has 1 heterocycles. The lowest BCUT2D eigenvalue weighted by Crippen LogP contribution is -2.14. The maximum Gasteiger partial charge on any atom is 0.257 e. The molecule has 4 N–H and O–H groups in total. The molecule has 104 valence electrons. The molecular weight excluding hydrogens is 344 g/mol. The van der Waals surface area contributed by atoms with Gasteiger partial charge in [-0.1, -0.05) is 17.7 Å². The molecule has 0 aliphatic carbocycles. The number of hydrogen-bond acceptors (Lipinski definition) is 4. The van der Waals surface area contributed by atoms with Crippen LogP contribution in [0.2, 0.25) is 5.02 Å². The standard InChI is InChI=1S/C13H12BrClN4O/c1-7-2-3-11(9(14)4-7)18-13(20)8-5-10(15)12(19-16)17-6-8/h2-6H,16H2,1H3,(H,17,19)(H,18,20). The van der Waals surface area contributed by atoms with Crippen LogP contribution in [0.15, 0.2) is 34.9 Å². The average Bonchev–Trinajstić information content (AvgIpc) is 2.41. The van der Waals surface area contributed by atoms with Gasteiger partial charge in [0.15, 0.2) is 5.82 Å². The molecule has 1 aromatic heterocycles. The van der Waals surface area contributed by atoms with Crippen LogP contribution < -0.4 is 16.6 Å². The van der Waals surface area contributed by atoms with E-state index in [1.165, 1.54) is 12.3 Å².